The van der Waals surface area contributed by atoms with Crippen LogP contribution < -0.4 is 10.1 Å². The summed E-state index contributed by atoms with van der Waals surface area (Å²) in [6.45, 7) is 5.49. The number of ether oxygens (including phenoxy) is 2. The maximum absolute atomic E-state index is 13.0. The summed E-state index contributed by atoms with van der Waals surface area (Å²) >= 11 is 0. The number of nitrogens with zero attached hydrogens (tertiary/aromatic N) is 3. The summed E-state index contributed by atoms with van der Waals surface area (Å²) in [7, 11) is 1.58. The second kappa shape index (κ2) is 9.27. The number of hydrogen-bond acceptors (Lipinski definition) is 6. The number of benzene rings is 1. The van der Waals surface area contributed by atoms with E-state index in [0.29, 0.717) is 43.1 Å². The van der Waals surface area contributed by atoms with Crippen molar-refractivity contribution < 1.29 is 19.1 Å². The van der Waals surface area contributed by atoms with Crippen LogP contribution in [0, 0.1) is 0 Å². The molecule has 9 nitrogen and oxygen atoms in total. The van der Waals surface area contributed by atoms with E-state index in [9.17, 15) is 9.59 Å². The van der Waals surface area contributed by atoms with Crippen molar-refractivity contribution in [1.82, 2.24) is 25.3 Å². The zero-order valence-corrected chi connectivity index (χ0v) is 17.1. The topological polar surface area (TPSA) is 99.8 Å². The van der Waals surface area contributed by atoms with E-state index in [1.807, 2.05) is 0 Å². The highest BCUT2D eigenvalue weighted by Gasteiger charge is 2.28. The standard InChI is InChI=1S/C21H27N5O4/c1-29-16-4-2-3-15(13-16)21(28)26-7-5-18-17(14-26)19(24-23-18)20(27)22-6-8-25-9-11-30-12-10-25/h2-4,13H,5-12,14H2,1H3,(H,22,27)(H,23,24). The van der Waals surface area contributed by atoms with E-state index in [1.54, 1.807) is 36.3 Å². The fourth-order valence-corrected chi connectivity index (χ4v) is 3.83. The van der Waals surface area contributed by atoms with Gasteiger partial charge in [0.1, 0.15) is 5.75 Å². The van der Waals surface area contributed by atoms with Crippen molar-refractivity contribution in [2.24, 2.45) is 0 Å². The van der Waals surface area contributed by atoms with Gasteiger partial charge < -0.3 is 19.7 Å². The van der Waals surface area contributed by atoms with Crippen LogP contribution in [-0.2, 0) is 17.7 Å². The fourth-order valence-electron chi connectivity index (χ4n) is 3.83. The van der Waals surface area contributed by atoms with Crippen molar-refractivity contribution in [2.75, 3.05) is 53.0 Å². The number of carbonyl (C=O) groups excluding carboxylic acids is 2. The van der Waals surface area contributed by atoms with Gasteiger partial charge in [-0.25, -0.2) is 0 Å². The highest BCUT2D eigenvalue weighted by atomic mass is 16.5. The first-order chi connectivity index (χ1) is 14.7. The van der Waals surface area contributed by atoms with E-state index in [2.05, 4.69) is 20.4 Å². The van der Waals surface area contributed by atoms with Crippen LogP contribution in [0.3, 0.4) is 0 Å². The lowest BCUT2D eigenvalue weighted by atomic mass is 10.0. The van der Waals surface area contributed by atoms with Crippen molar-refractivity contribution in [3.05, 3.63) is 46.8 Å². The summed E-state index contributed by atoms with van der Waals surface area (Å²) in [4.78, 5) is 29.7. The molecule has 0 atom stereocenters. The predicted octanol–water partition coefficient (Wildman–Crippen LogP) is 0.679. The number of nitrogens with one attached hydrogen (secondary N) is 2. The van der Waals surface area contributed by atoms with Gasteiger partial charge in [0.25, 0.3) is 11.8 Å². The summed E-state index contributed by atoms with van der Waals surface area (Å²) in [5.41, 5.74) is 2.65. The first-order valence-corrected chi connectivity index (χ1v) is 10.2. The molecule has 2 N–H and O–H groups in total. The Hall–Kier alpha value is -2.91. The smallest absolute Gasteiger partial charge is 0.272 e. The molecule has 1 aromatic heterocycles. The van der Waals surface area contributed by atoms with E-state index in [4.69, 9.17) is 9.47 Å². The van der Waals surface area contributed by atoms with Gasteiger partial charge in [-0.05, 0) is 18.2 Å². The molecule has 160 valence electrons. The highest BCUT2D eigenvalue weighted by Crippen LogP contribution is 2.23. The van der Waals surface area contributed by atoms with Gasteiger partial charge >= 0.3 is 0 Å². The van der Waals surface area contributed by atoms with Gasteiger partial charge in [0.2, 0.25) is 0 Å². The SMILES string of the molecule is COc1cccc(C(=O)N2CCc3[nH]nc(C(=O)NCCN4CCOCC4)c3C2)c1. The van der Waals surface area contributed by atoms with Gasteiger partial charge in [0.15, 0.2) is 5.69 Å². The van der Waals surface area contributed by atoms with Crippen LogP contribution in [-0.4, -0.2) is 84.9 Å². The van der Waals surface area contributed by atoms with Gasteiger partial charge in [-0.15, -0.1) is 0 Å². The second-order valence-corrected chi connectivity index (χ2v) is 7.45. The summed E-state index contributed by atoms with van der Waals surface area (Å²) in [6.07, 6.45) is 0.638. The number of aromatic nitrogens is 2. The van der Waals surface area contributed by atoms with Crippen molar-refractivity contribution in [2.45, 2.75) is 13.0 Å². The Morgan fingerprint density at radius 3 is 2.90 bits per heavy atom. The van der Waals surface area contributed by atoms with Gasteiger partial charge in [0.05, 0.1) is 26.9 Å². The van der Waals surface area contributed by atoms with E-state index < -0.39 is 0 Å². The quantitative estimate of drug-likeness (QED) is 0.723. The molecular weight excluding hydrogens is 386 g/mol. The molecule has 2 amide bonds. The van der Waals surface area contributed by atoms with Gasteiger partial charge in [-0.3, -0.25) is 19.6 Å². The maximum atomic E-state index is 13.0. The normalized spacial score (nSPS) is 16.8. The molecule has 4 rings (SSSR count). The van der Waals surface area contributed by atoms with Crippen LogP contribution in [0.1, 0.15) is 32.1 Å². The Bertz CT molecular complexity index is 907. The third-order valence-corrected chi connectivity index (χ3v) is 5.57. The molecule has 2 aliphatic rings. The molecule has 1 fully saturated rings. The molecule has 0 bridgehead atoms. The monoisotopic (exact) mass is 413 g/mol. The molecule has 2 aliphatic heterocycles. The minimum Gasteiger partial charge on any atom is -0.497 e. The number of rotatable bonds is 6. The average molecular weight is 413 g/mol. The Morgan fingerprint density at radius 2 is 2.10 bits per heavy atom. The number of carbonyl (C=O) groups is 2. The van der Waals surface area contributed by atoms with Crippen molar-refractivity contribution in [3.8, 4) is 5.75 Å². The lowest BCUT2D eigenvalue weighted by Gasteiger charge is -2.27. The second-order valence-electron chi connectivity index (χ2n) is 7.45. The maximum Gasteiger partial charge on any atom is 0.272 e. The largest absolute Gasteiger partial charge is 0.497 e. The third kappa shape index (κ3) is 4.47. The number of H-pyrrole nitrogens is 1. The van der Waals surface area contributed by atoms with Gasteiger partial charge in [-0.2, -0.15) is 5.10 Å². The lowest BCUT2D eigenvalue weighted by Crippen LogP contribution is -2.41. The first kappa shape index (κ1) is 20.4. The molecule has 0 radical (unpaired) electrons. The molecule has 3 heterocycles. The van der Waals surface area contributed by atoms with E-state index >= 15 is 0 Å². The molecule has 1 aromatic carbocycles. The average Bonchev–Trinajstić information content (AvgIpc) is 3.22. The zero-order valence-electron chi connectivity index (χ0n) is 17.1. The van der Waals surface area contributed by atoms with Crippen molar-refractivity contribution in [1.29, 1.82) is 0 Å². The molecule has 0 aliphatic carbocycles. The van der Waals surface area contributed by atoms with Crippen LogP contribution in [0.4, 0.5) is 0 Å². The summed E-state index contributed by atoms with van der Waals surface area (Å²) in [5, 5.41) is 10.1. The van der Waals surface area contributed by atoms with E-state index in [0.717, 1.165) is 44.1 Å². The minimum absolute atomic E-state index is 0.0839. The molecule has 0 saturated carbocycles. The van der Waals surface area contributed by atoms with Crippen molar-refractivity contribution >= 4 is 11.8 Å². The number of amides is 2. The third-order valence-electron chi connectivity index (χ3n) is 5.57. The van der Waals surface area contributed by atoms with E-state index in [1.165, 1.54) is 0 Å². The van der Waals surface area contributed by atoms with Gasteiger partial charge in [0, 0.05) is 56.0 Å². The van der Waals surface area contributed by atoms with Crippen LogP contribution in [0.5, 0.6) is 5.75 Å². The molecule has 30 heavy (non-hydrogen) atoms. The zero-order chi connectivity index (χ0) is 20.9. The number of aromatic amines is 1. The Balaban J connectivity index is 1.39. The Labute approximate surface area is 175 Å². The fraction of sp³-hybridized carbons (Fsp3) is 0.476. The Kier molecular flexibility index (Phi) is 6.29. The molecular formula is C21H27N5O4. The number of methoxy groups -OCH3 is 1. The van der Waals surface area contributed by atoms with Gasteiger partial charge in [-0.1, -0.05) is 6.07 Å². The first-order valence-electron chi connectivity index (χ1n) is 10.2. The van der Waals surface area contributed by atoms with Crippen LogP contribution in [0.15, 0.2) is 24.3 Å². The predicted molar refractivity (Wildman–Crippen MR) is 110 cm³/mol. The lowest BCUT2D eigenvalue weighted by molar-refractivity contribution is 0.0383. The van der Waals surface area contributed by atoms with Crippen LogP contribution >= 0.6 is 0 Å². The Morgan fingerprint density at radius 1 is 1.27 bits per heavy atom. The number of fused-ring (bicyclic) bond motifs is 1. The van der Waals surface area contributed by atoms with Crippen LogP contribution in [0.25, 0.3) is 0 Å². The summed E-state index contributed by atoms with van der Waals surface area (Å²) in [6, 6.07) is 7.11. The minimum atomic E-state index is -0.212. The van der Waals surface area contributed by atoms with E-state index in [-0.39, 0.29) is 11.8 Å². The molecule has 0 unspecified atom stereocenters. The number of morpholine rings is 1. The van der Waals surface area contributed by atoms with Crippen molar-refractivity contribution in [3.63, 3.8) is 0 Å². The summed E-state index contributed by atoms with van der Waals surface area (Å²) < 4.78 is 10.6. The summed E-state index contributed by atoms with van der Waals surface area (Å²) in [5.74, 6) is 0.345. The molecule has 1 saturated heterocycles. The highest BCUT2D eigenvalue weighted by molar-refractivity contribution is 5.96. The molecule has 0 spiro atoms. The van der Waals surface area contributed by atoms with Crippen LogP contribution in [0.2, 0.25) is 0 Å². The molecule has 2 aromatic rings. The number of hydrogen-bond donors (Lipinski definition) is 2. The molecule has 9 heteroatoms.